The molecule has 0 aliphatic carbocycles. The van der Waals surface area contributed by atoms with E-state index in [4.69, 9.17) is 5.11 Å². The van der Waals surface area contributed by atoms with Gasteiger partial charge >= 0.3 is 32.7 Å². The van der Waals surface area contributed by atoms with Crippen LogP contribution in [0.15, 0.2) is 0 Å². The molecule has 2 N–H and O–H groups in total. The van der Waals surface area contributed by atoms with E-state index in [-0.39, 0.29) is 56.8 Å². The van der Waals surface area contributed by atoms with Gasteiger partial charge in [-0.3, -0.25) is 4.79 Å². The average Bonchev–Trinajstić information content (AvgIpc) is 2.02. The maximum atomic E-state index is 11.1. The molecule has 3 nitrogen and oxygen atoms in total. The third-order valence-electron chi connectivity index (χ3n) is 1.55. The van der Waals surface area contributed by atoms with Gasteiger partial charge < -0.3 is 10.4 Å². The van der Waals surface area contributed by atoms with E-state index in [9.17, 15) is 4.79 Å². The number of aliphatic hydroxyl groups excluding tert-OH is 1. The van der Waals surface area contributed by atoms with Crippen molar-refractivity contribution in [1.82, 2.24) is 5.32 Å². The predicted octanol–water partition coefficient (Wildman–Crippen LogP) is 0.154. The number of aliphatic hydroxyl groups is 1. The van der Waals surface area contributed by atoms with Gasteiger partial charge in [0.15, 0.2) is 5.91 Å². The quantitative estimate of drug-likeness (QED) is 0.561. The zero-order chi connectivity index (χ0) is 8.85. The van der Waals surface area contributed by atoms with Gasteiger partial charge in [-0.2, -0.15) is 6.92 Å². The smallest absolute Gasteiger partial charge is 0.506 e. The van der Waals surface area contributed by atoms with Gasteiger partial charge in [0.25, 0.3) is 0 Å². The van der Waals surface area contributed by atoms with Gasteiger partial charge in [0.1, 0.15) is 0 Å². The second-order valence-electron chi connectivity index (χ2n) is 2.43. The van der Waals surface area contributed by atoms with Crippen LogP contribution in [-0.2, 0) is 37.5 Å². The summed E-state index contributed by atoms with van der Waals surface area (Å²) in [6, 6.07) is 0. The first-order valence-corrected chi connectivity index (χ1v) is 4.24. The Bertz CT molecular complexity index is 135. The number of nitrogens with one attached hydrogen (secondary N) is 1. The van der Waals surface area contributed by atoms with E-state index in [0.29, 0.717) is 0 Å². The Morgan fingerprint density at radius 2 is 2.25 bits per heavy atom. The molecule has 0 heterocycles. The number of carbonyl (C=O) groups is 1. The Morgan fingerprint density at radius 1 is 1.75 bits per heavy atom. The second kappa shape index (κ2) is 8.56. The zero-order valence-corrected chi connectivity index (χ0v) is 11.4. The molecule has 0 aromatic rings. The maximum absolute atomic E-state index is 11.1. The van der Waals surface area contributed by atoms with Crippen molar-refractivity contribution in [3.8, 4) is 0 Å². The minimum absolute atomic E-state index is 0. The molecular formula is C7H15NO2PY+2. The fourth-order valence-electron chi connectivity index (χ4n) is 0.626. The standard InChI is InChI=1S/C7H15NO2P.Y/c1-3-8-7(10)5(2)6(11)4-9;/h3,5-6,9H,4,11H2,1-2H3,(H,8,10);/q-1;+3. The van der Waals surface area contributed by atoms with Crippen LogP contribution >= 0.6 is 9.24 Å². The van der Waals surface area contributed by atoms with Gasteiger partial charge in [-0.25, -0.2) is 6.54 Å². The topological polar surface area (TPSA) is 49.3 Å². The van der Waals surface area contributed by atoms with E-state index in [1.807, 2.05) is 0 Å². The van der Waals surface area contributed by atoms with Gasteiger partial charge in [0.2, 0.25) is 0 Å². The van der Waals surface area contributed by atoms with Crippen molar-refractivity contribution >= 4 is 15.1 Å². The van der Waals surface area contributed by atoms with Crippen LogP contribution in [0, 0.1) is 12.5 Å². The van der Waals surface area contributed by atoms with Crippen molar-refractivity contribution in [2.45, 2.75) is 19.5 Å². The SMILES string of the molecule is C[CH-]NC(=O)C(C)C(P)CO.[Y+3]. The first kappa shape index (κ1) is 15.4. The molecule has 12 heavy (non-hydrogen) atoms. The van der Waals surface area contributed by atoms with Crippen molar-refractivity contribution < 1.29 is 42.6 Å². The van der Waals surface area contributed by atoms with Gasteiger partial charge in [0, 0.05) is 11.6 Å². The molecule has 1 amide bonds. The molecule has 0 rings (SSSR count). The fourth-order valence-corrected chi connectivity index (χ4v) is 0.801. The van der Waals surface area contributed by atoms with Crippen LogP contribution < -0.4 is 5.32 Å². The first-order valence-electron chi connectivity index (χ1n) is 3.58. The number of hydrogen-bond acceptors (Lipinski definition) is 2. The van der Waals surface area contributed by atoms with Crippen LogP contribution in [0.25, 0.3) is 0 Å². The van der Waals surface area contributed by atoms with Crippen LogP contribution in [0.4, 0.5) is 0 Å². The van der Waals surface area contributed by atoms with E-state index in [1.54, 1.807) is 20.4 Å². The summed E-state index contributed by atoms with van der Waals surface area (Å²) in [7, 11) is 2.44. The van der Waals surface area contributed by atoms with E-state index in [2.05, 4.69) is 14.6 Å². The summed E-state index contributed by atoms with van der Waals surface area (Å²) in [5.41, 5.74) is -0.0602. The number of amides is 1. The van der Waals surface area contributed by atoms with Crippen LogP contribution in [0.2, 0.25) is 0 Å². The molecule has 0 saturated carbocycles. The van der Waals surface area contributed by atoms with Crippen molar-refractivity contribution in [2.75, 3.05) is 6.61 Å². The minimum Gasteiger partial charge on any atom is -0.506 e. The molecule has 0 aliphatic heterocycles. The van der Waals surface area contributed by atoms with E-state index in [1.165, 1.54) is 0 Å². The third kappa shape index (κ3) is 5.58. The van der Waals surface area contributed by atoms with Crippen LogP contribution in [0.3, 0.4) is 0 Å². The molecule has 0 radical (unpaired) electrons. The Morgan fingerprint density at radius 3 is 2.58 bits per heavy atom. The van der Waals surface area contributed by atoms with Crippen molar-refractivity contribution in [3.63, 3.8) is 0 Å². The molecule has 3 unspecified atom stereocenters. The Balaban J connectivity index is 0. The van der Waals surface area contributed by atoms with Gasteiger partial charge in [-0.05, 0) is 0 Å². The van der Waals surface area contributed by atoms with Gasteiger partial charge in [-0.1, -0.05) is 6.92 Å². The molecule has 0 fully saturated rings. The number of carbonyl (C=O) groups excluding carboxylic acids is 1. The number of hydrogen-bond donors (Lipinski definition) is 2. The summed E-state index contributed by atoms with van der Waals surface area (Å²) >= 11 is 0. The van der Waals surface area contributed by atoms with Crippen LogP contribution in [0.5, 0.6) is 0 Å². The van der Waals surface area contributed by atoms with E-state index >= 15 is 0 Å². The molecule has 0 aliphatic rings. The van der Waals surface area contributed by atoms with Crippen molar-refractivity contribution in [1.29, 1.82) is 0 Å². The van der Waals surface area contributed by atoms with Gasteiger partial charge in [-0.15, -0.1) is 9.24 Å². The van der Waals surface area contributed by atoms with Crippen LogP contribution in [0.1, 0.15) is 13.8 Å². The summed E-state index contributed by atoms with van der Waals surface area (Å²) < 4.78 is 0. The van der Waals surface area contributed by atoms with Crippen molar-refractivity contribution in [2.24, 2.45) is 5.92 Å². The maximum Gasteiger partial charge on any atom is 3.00 e. The third-order valence-corrected chi connectivity index (χ3v) is 2.34. The zero-order valence-electron chi connectivity index (χ0n) is 7.45. The monoisotopic (exact) mass is 265 g/mol. The number of rotatable bonds is 4. The fraction of sp³-hybridized carbons (Fsp3) is 0.714. The van der Waals surface area contributed by atoms with E-state index < -0.39 is 0 Å². The Labute approximate surface area is 101 Å². The summed E-state index contributed by atoms with van der Waals surface area (Å²) in [6.45, 7) is 5.14. The molecule has 0 aromatic heterocycles. The van der Waals surface area contributed by atoms with Crippen molar-refractivity contribution in [3.05, 3.63) is 6.54 Å². The Hall–Kier alpha value is 0.964. The Kier molecular flexibility index (Phi) is 11.0. The molecule has 0 aromatic carbocycles. The summed E-state index contributed by atoms with van der Waals surface area (Å²) in [4.78, 5) is 11.1. The van der Waals surface area contributed by atoms with Crippen LogP contribution in [-0.4, -0.2) is 23.3 Å². The minimum atomic E-state index is -0.166. The second-order valence-corrected chi connectivity index (χ2v) is 3.29. The van der Waals surface area contributed by atoms with E-state index in [0.717, 1.165) is 0 Å². The summed E-state index contributed by atoms with van der Waals surface area (Å²) in [5, 5.41) is 11.3. The summed E-state index contributed by atoms with van der Waals surface area (Å²) in [6.07, 6.45) is 0. The molecular weight excluding hydrogens is 250 g/mol. The molecule has 5 heteroatoms. The molecule has 0 saturated heterocycles. The largest absolute Gasteiger partial charge is 3.00 e. The molecule has 66 valence electrons. The molecule has 3 atom stereocenters. The summed E-state index contributed by atoms with van der Waals surface area (Å²) in [5.74, 6) is -0.220. The first-order chi connectivity index (χ1) is 5.13. The average molecular weight is 265 g/mol. The normalized spacial score (nSPS) is 14.3. The van der Waals surface area contributed by atoms with Gasteiger partial charge in [0.05, 0.1) is 6.61 Å². The predicted molar refractivity (Wildman–Crippen MR) is 47.9 cm³/mol. The molecule has 0 bridgehead atoms. The molecule has 0 spiro atoms.